The first-order valence-corrected chi connectivity index (χ1v) is 5.23. The largest absolute Gasteiger partial charge is 0.0988 e. The molecule has 0 aromatic carbocycles. The SMILES string of the molecule is C=C/C(C)=C\C1=C(C)CCC1.CC. The van der Waals surface area contributed by atoms with Crippen LogP contribution in [0.25, 0.3) is 0 Å². The molecule has 0 aromatic rings. The Balaban J connectivity index is 0.000000671. The smallest absolute Gasteiger partial charge is 0.0276 e. The van der Waals surface area contributed by atoms with Gasteiger partial charge in [0.1, 0.15) is 0 Å². The van der Waals surface area contributed by atoms with Gasteiger partial charge < -0.3 is 0 Å². The molecule has 1 rings (SSSR count). The van der Waals surface area contributed by atoms with E-state index in [2.05, 4.69) is 26.5 Å². The highest BCUT2D eigenvalue weighted by atomic mass is 14.1. The lowest BCUT2D eigenvalue weighted by Gasteiger charge is -1.96. The molecule has 0 saturated heterocycles. The molecule has 13 heavy (non-hydrogen) atoms. The van der Waals surface area contributed by atoms with Gasteiger partial charge in [0.15, 0.2) is 0 Å². The summed E-state index contributed by atoms with van der Waals surface area (Å²) in [4.78, 5) is 0. The van der Waals surface area contributed by atoms with E-state index in [0.717, 1.165) is 0 Å². The Morgan fingerprint density at radius 1 is 1.31 bits per heavy atom. The van der Waals surface area contributed by atoms with Crippen LogP contribution in [0.15, 0.2) is 35.5 Å². The van der Waals surface area contributed by atoms with Gasteiger partial charge in [0.25, 0.3) is 0 Å². The molecule has 0 spiro atoms. The normalized spacial score (nSPS) is 16.8. The van der Waals surface area contributed by atoms with Crippen LogP contribution in [0, 0.1) is 0 Å². The van der Waals surface area contributed by atoms with E-state index in [1.54, 1.807) is 5.57 Å². The molecule has 0 heteroatoms. The van der Waals surface area contributed by atoms with Crippen molar-refractivity contribution in [2.75, 3.05) is 0 Å². The lowest BCUT2D eigenvalue weighted by Crippen LogP contribution is -1.76. The maximum Gasteiger partial charge on any atom is -0.0276 e. The molecular formula is C13H22. The minimum absolute atomic E-state index is 1.26. The van der Waals surface area contributed by atoms with Crippen molar-refractivity contribution in [3.05, 3.63) is 35.5 Å². The molecule has 0 unspecified atom stereocenters. The average molecular weight is 178 g/mol. The van der Waals surface area contributed by atoms with Crippen LogP contribution >= 0.6 is 0 Å². The minimum Gasteiger partial charge on any atom is -0.0988 e. The first kappa shape index (κ1) is 12.2. The average Bonchev–Trinajstić information content (AvgIpc) is 2.55. The van der Waals surface area contributed by atoms with Crippen LogP contribution in [0.4, 0.5) is 0 Å². The van der Waals surface area contributed by atoms with E-state index in [0.29, 0.717) is 0 Å². The lowest BCUT2D eigenvalue weighted by molar-refractivity contribution is 0.898. The standard InChI is InChI=1S/C11H16.C2H6/c1-4-9(2)8-11-7-5-6-10(11)3;1-2/h4,8H,1,5-7H2,2-3H3;1-2H3/b9-8-;. The van der Waals surface area contributed by atoms with Crippen LogP contribution < -0.4 is 0 Å². The summed E-state index contributed by atoms with van der Waals surface area (Å²) < 4.78 is 0. The van der Waals surface area contributed by atoms with Crippen LogP contribution in [0.1, 0.15) is 47.0 Å². The second kappa shape index (κ2) is 6.71. The third kappa shape index (κ3) is 4.12. The maximum atomic E-state index is 3.74. The molecule has 1 aliphatic rings. The molecule has 0 atom stereocenters. The van der Waals surface area contributed by atoms with Crippen LogP contribution in [0.2, 0.25) is 0 Å². The van der Waals surface area contributed by atoms with Gasteiger partial charge in [0.2, 0.25) is 0 Å². The van der Waals surface area contributed by atoms with Crippen molar-refractivity contribution >= 4 is 0 Å². The first-order chi connectivity index (χ1) is 6.24. The van der Waals surface area contributed by atoms with Crippen molar-refractivity contribution in [1.82, 2.24) is 0 Å². The zero-order chi connectivity index (χ0) is 10.3. The number of rotatable bonds is 2. The second-order valence-electron chi connectivity index (χ2n) is 3.25. The second-order valence-corrected chi connectivity index (χ2v) is 3.25. The number of hydrogen-bond acceptors (Lipinski definition) is 0. The van der Waals surface area contributed by atoms with Gasteiger partial charge in [-0.3, -0.25) is 0 Å². The molecule has 74 valence electrons. The summed E-state index contributed by atoms with van der Waals surface area (Å²) in [7, 11) is 0. The van der Waals surface area contributed by atoms with Gasteiger partial charge in [0.05, 0.1) is 0 Å². The minimum atomic E-state index is 1.26. The highest BCUT2D eigenvalue weighted by molar-refractivity contribution is 5.33. The molecule has 0 aromatic heterocycles. The third-order valence-electron chi connectivity index (χ3n) is 2.27. The van der Waals surface area contributed by atoms with E-state index in [9.17, 15) is 0 Å². The van der Waals surface area contributed by atoms with Crippen molar-refractivity contribution in [2.45, 2.75) is 47.0 Å². The zero-order valence-corrected chi connectivity index (χ0v) is 9.48. The highest BCUT2D eigenvalue weighted by Gasteiger charge is 2.07. The summed E-state index contributed by atoms with van der Waals surface area (Å²) >= 11 is 0. The van der Waals surface area contributed by atoms with Crippen molar-refractivity contribution in [3.8, 4) is 0 Å². The summed E-state index contributed by atoms with van der Waals surface area (Å²) in [6.07, 6.45) is 8.06. The van der Waals surface area contributed by atoms with Crippen molar-refractivity contribution < 1.29 is 0 Å². The lowest BCUT2D eigenvalue weighted by atomic mass is 10.1. The summed E-state index contributed by atoms with van der Waals surface area (Å²) in [6.45, 7) is 12.1. The molecule has 1 aliphatic carbocycles. The summed E-state index contributed by atoms with van der Waals surface area (Å²) in [5, 5.41) is 0. The van der Waals surface area contributed by atoms with Gasteiger partial charge in [-0.25, -0.2) is 0 Å². The van der Waals surface area contributed by atoms with Gasteiger partial charge in [-0.05, 0) is 38.7 Å². The predicted molar refractivity (Wildman–Crippen MR) is 61.9 cm³/mol. The first-order valence-electron chi connectivity index (χ1n) is 5.23. The molecule has 0 nitrogen and oxygen atoms in total. The highest BCUT2D eigenvalue weighted by Crippen LogP contribution is 2.26. The molecule has 0 heterocycles. The monoisotopic (exact) mass is 178 g/mol. The van der Waals surface area contributed by atoms with Crippen molar-refractivity contribution in [3.63, 3.8) is 0 Å². The summed E-state index contributed by atoms with van der Waals surface area (Å²) in [5.41, 5.74) is 4.37. The molecule has 0 fully saturated rings. The van der Waals surface area contributed by atoms with E-state index in [-0.39, 0.29) is 0 Å². The fraction of sp³-hybridized carbons (Fsp3) is 0.538. The Labute approximate surface area is 83.0 Å². The molecule has 0 aliphatic heterocycles. The number of hydrogen-bond donors (Lipinski definition) is 0. The Bertz CT molecular complexity index is 216. The van der Waals surface area contributed by atoms with E-state index < -0.39 is 0 Å². The van der Waals surface area contributed by atoms with Crippen molar-refractivity contribution in [2.24, 2.45) is 0 Å². The van der Waals surface area contributed by atoms with Gasteiger partial charge in [-0.15, -0.1) is 0 Å². The van der Waals surface area contributed by atoms with Crippen LogP contribution in [-0.4, -0.2) is 0 Å². The maximum absolute atomic E-state index is 3.74. The Morgan fingerprint density at radius 3 is 2.31 bits per heavy atom. The zero-order valence-electron chi connectivity index (χ0n) is 9.48. The van der Waals surface area contributed by atoms with E-state index in [4.69, 9.17) is 0 Å². The van der Waals surface area contributed by atoms with Crippen LogP contribution in [0.5, 0.6) is 0 Å². The summed E-state index contributed by atoms with van der Waals surface area (Å²) in [6, 6.07) is 0. The van der Waals surface area contributed by atoms with Gasteiger partial charge in [0, 0.05) is 0 Å². The van der Waals surface area contributed by atoms with Crippen LogP contribution in [0.3, 0.4) is 0 Å². The predicted octanol–water partition coefficient (Wildman–Crippen LogP) is 4.65. The fourth-order valence-corrected chi connectivity index (χ4v) is 1.45. The molecule has 0 radical (unpaired) electrons. The fourth-order valence-electron chi connectivity index (χ4n) is 1.45. The Hall–Kier alpha value is -0.780. The molecule has 0 bridgehead atoms. The van der Waals surface area contributed by atoms with Crippen LogP contribution in [-0.2, 0) is 0 Å². The molecular weight excluding hydrogens is 156 g/mol. The van der Waals surface area contributed by atoms with E-state index >= 15 is 0 Å². The Kier molecular flexibility index (Phi) is 6.30. The van der Waals surface area contributed by atoms with Gasteiger partial charge in [-0.1, -0.05) is 43.7 Å². The third-order valence-corrected chi connectivity index (χ3v) is 2.27. The van der Waals surface area contributed by atoms with Gasteiger partial charge >= 0.3 is 0 Å². The molecule has 0 amide bonds. The topological polar surface area (TPSA) is 0 Å². The molecule has 0 saturated carbocycles. The Morgan fingerprint density at radius 2 is 1.92 bits per heavy atom. The van der Waals surface area contributed by atoms with Crippen molar-refractivity contribution in [1.29, 1.82) is 0 Å². The number of allylic oxidation sites excluding steroid dienone is 5. The quantitative estimate of drug-likeness (QED) is 0.540. The molecule has 0 N–H and O–H groups in total. The van der Waals surface area contributed by atoms with E-state index in [1.165, 1.54) is 30.4 Å². The van der Waals surface area contributed by atoms with E-state index in [1.807, 2.05) is 19.9 Å². The summed E-state index contributed by atoms with van der Waals surface area (Å²) in [5.74, 6) is 0. The van der Waals surface area contributed by atoms with Gasteiger partial charge in [-0.2, -0.15) is 0 Å².